The van der Waals surface area contributed by atoms with Crippen LogP contribution in [0.3, 0.4) is 0 Å². The van der Waals surface area contributed by atoms with E-state index in [4.69, 9.17) is 9.47 Å². The number of methoxy groups -OCH3 is 2. The van der Waals surface area contributed by atoms with E-state index in [0.717, 1.165) is 22.0 Å². The molecule has 0 spiro atoms. The summed E-state index contributed by atoms with van der Waals surface area (Å²) in [6.45, 7) is 0.707. The number of phenols is 1. The van der Waals surface area contributed by atoms with E-state index in [9.17, 15) is 5.11 Å². The molecular formula is C27H26NO3P. The van der Waals surface area contributed by atoms with Gasteiger partial charge in [0.05, 0.1) is 14.2 Å². The number of para-hydroxylation sites is 2. The Morgan fingerprint density at radius 2 is 1.31 bits per heavy atom. The van der Waals surface area contributed by atoms with Gasteiger partial charge < -0.3 is 19.5 Å². The summed E-state index contributed by atoms with van der Waals surface area (Å²) in [5.74, 6) is 1.23. The minimum absolute atomic E-state index is 0.157. The largest absolute Gasteiger partial charge is 0.504 e. The third-order valence-corrected chi connectivity index (χ3v) is 6.66. The average molecular weight is 443 g/mol. The van der Waals surface area contributed by atoms with Crippen molar-refractivity contribution in [2.45, 2.75) is 6.54 Å². The Kier molecular flexibility index (Phi) is 6.94. The Labute approximate surface area is 190 Å². The van der Waals surface area contributed by atoms with E-state index in [-0.39, 0.29) is 14.3 Å². The molecule has 0 radical (unpaired) electrons. The zero-order valence-electron chi connectivity index (χ0n) is 18.2. The SMILES string of the molecule is COc1cc(OC)c(O)c(Pc2ccccc2CN(c2ccccc2)c2ccccc2)c1. The fourth-order valence-electron chi connectivity index (χ4n) is 3.59. The summed E-state index contributed by atoms with van der Waals surface area (Å²) in [5, 5.41) is 12.7. The van der Waals surface area contributed by atoms with Gasteiger partial charge in [0.1, 0.15) is 5.75 Å². The highest BCUT2D eigenvalue weighted by atomic mass is 31.1. The second-order valence-corrected chi connectivity index (χ2v) is 8.59. The quantitative estimate of drug-likeness (QED) is 0.372. The topological polar surface area (TPSA) is 41.9 Å². The van der Waals surface area contributed by atoms with E-state index in [1.807, 2.05) is 24.3 Å². The highest BCUT2D eigenvalue weighted by molar-refractivity contribution is 7.55. The van der Waals surface area contributed by atoms with Crippen LogP contribution in [0.4, 0.5) is 11.4 Å². The molecular weight excluding hydrogens is 417 g/mol. The van der Waals surface area contributed by atoms with Crippen molar-refractivity contribution < 1.29 is 14.6 Å². The van der Waals surface area contributed by atoms with Gasteiger partial charge in [0.25, 0.3) is 0 Å². The molecule has 1 atom stereocenters. The molecule has 0 aliphatic rings. The number of ether oxygens (including phenoxy) is 2. The summed E-state index contributed by atoms with van der Waals surface area (Å²) in [5.41, 5.74) is 3.45. The predicted octanol–water partition coefficient (Wildman–Crippen LogP) is 5.38. The lowest BCUT2D eigenvalue weighted by Crippen LogP contribution is -2.21. The molecule has 162 valence electrons. The second kappa shape index (κ2) is 10.2. The van der Waals surface area contributed by atoms with Crippen LogP contribution in [0.1, 0.15) is 5.56 Å². The van der Waals surface area contributed by atoms with E-state index in [1.54, 1.807) is 20.3 Å². The van der Waals surface area contributed by atoms with Crippen LogP contribution in [0.2, 0.25) is 0 Å². The normalized spacial score (nSPS) is 10.9. The number of nitrogens with zero attached hydrogens (tertiary/aromatic N) is 1. The van der Waals surface area contributed by atoms with Crippen LogP contribution in [0.5, 0.6) is 17.2 Å². The van der Waals surface area contributed by atoms with Crippen molar-refractivity contribution in [2.75, 3.05) is 19.1 Å². The van der Waals surface area contributed by atoms with Gasteiger partial charge in [0, 0.05) is 29.3 Å². The number of hydrogen-bond donors (Lipinski definition) is 1. The zero-order valence-corrected chi connectivity index (χ0v) is 19.2. The molecule has 0 aliphatic carbocycles. The maximum absolute atomic E-state index is 10.7. The standard InChI is InChI=1S/C27H26NO3P/c1-30-23-17-24(31-2)27(29)26(18-23)32-25-16-10-9-11-20(25)19-28(21-12-5-3-6-13-21)22-14-7-4-8-15-22/h3-18,29,32H,19H2,1-2H3. The Morgan fingerprint density at radius 3 is 1.91 bits per heavy atom. The Bertz CT molecular complexity index is 1130. The van der Waals surface area contributed by atoms with Crippen molar-refractivity contribution in [3.63, 3.8) is 0 Å². The average Bonchev–Trinajstić information content (AvgIpc) is 2.85. The maximum Gasteiger partial charge on any atom is 0.165 e. The molecule has 5 heteroatoms. The minimum Gasteiger partial charge on any atom is -0.504 e. The smallest absolute Gasteiger partial charge is 0.165 e. The Balaban J connectivity index is 1.71. The number of hydrogen-bond acceptors (Lipinski definition) is 4. The summed E-state index contributed by atoms with van der Waals surface area (Å²) in [6.07, 6.45) is 0. The van der Waals surface area contributed by atoms with Gasteiger partial charge in [-0.25, -0.2) is 0 Å². The van der Waals surface area contributed by atoms with E-state index < -0.39 is 0 Å². The number of phenolic OH excluding ortho intramolecular Hbond substituents is 1. The van der Waals surface area contributed by atoms with E-state index in [1.165, 1.54) is 5.56 Å². The van der Waals surface area contributed by atoms with Crippen molar-refractivity contribution in [1.82, 2.24) is 0 Å². The fraction of sp³-hybridized carbons (Fsp3) is 0.111. The predicted molar refractivity (Wildman–Crippen MR) is 134 cm³/mol. The molecule has 4 aromatic carbocycles. The summed E-state index contributed by atoms with van der Waals surface area (Å²) >= 11 is 0. The van der Waals surface area contributed by atoms with Crippen molar-refractivity contribution in [3.8, 4) is 17.2 Å². The lowest BCUT2D eigenvalue weighted by molar-refractivity contribution is 0.366. The van der Waals surface area contributed by atoms with Gasteiger partial charge in [-0.1, -0.05) is 69.2 Å². The monoisotopic (exact) mass is 443 g/mol. The molecule has 0 fully saturated rings. The first-order chi connectivity index (χ1) is 15.7. The van der Waals surface area contributed by atoms with Gasteiger partial charge >= 0.3 is 0 Å². The zero-order chi connectivity index (χ0) is 22.3. The van der Waals surface area contributed by atoms with Crippen LogP contribution in [-0.4, -0.2) is 19.3 Å². The number of anilines is 2. The summed E-state index contributed by atoms with van der Waals surface area (Å²) < 4.78 is 10.7. The molecule has 0 saturated heterocycles. The Hall–Kier alpha value is -3.49. The van der Waals surface area contributed by atoms with Gasteiger partial charge in [-0.2, -0.15) is 0 Å². The number of benzene rings is 4. The van der Waals surface area contributed by atoms with Gasteiger partial charge in [-0.15, -0.1) is 0 Å². The molecule has 0 aliphatic heterocycles. The van der Waals surface area contributed by atoms with Crippen molar-refractivity contribution in [1.29, 1.82) is 0 Å². The molecule has 0 bridgehead atoms. The van der Waals surface area contributed by atoms with Crippen LogP contribution < -0.4 is 25.0 Å². The van der Waals surface area contributed by atoms with Crippen molar-refractivity contribution in [2.24, 2.45) is 0 Å². The van der Waals surface area contributed by atoms with Gasteiger partial charge in [0.15, 0.2) is 11.5 Å². The lowest BCUT2D eigenvalue weighted by atomic mass is 10.1. The highest BCUT2D eigenvalue weighted by Gasteiger charge is 2.16. The van der Waals surface area contributed by atoms with Crippen LogP contribution in [-0.2, 0) is 6.54 Å². The molecule has 1 N–H and O–H groups in total. The first kappa shape index (κ1) is 21.7. The van der Waals surface area contributed by atoms with E-state index in [0.29, 0.717) is 18.0 Å². The molecule has 4 rings (SSSR count). The third kappa shape index (κ3) is 4.87. The summed E-state index contributed by atoms with van der Waals surface area (Å²) in [7, 11) is 3.42. The first-order valence-corrected chi connectivity index (χ1v) is 11.4. The van der Waals surface area contributed by atoms with Crippen molar-refractivity contribution >= 4 is 30.6 Å². The van der Waals surface area contributed by atoms with Crippen LogP contribution in [0, 0.1) is 0 Å². The number of aromatic hydroxyl groups is 1. The molecule has 0 aromatic heterocycles. The highest BCUT2D eigenvalue weighted by Crippen LogP contribution is 2.34. The molecule has 32 heavy (non-hydrogen) atoms. The van der Waals surface area contributed by atoms with Gasteiger partial charge in [-0.3, -0.25) is 0 Å². The van der Waals surface area contributed by atoms with Gasteiger partial charge in [-0.05, 0) is 41.2 Å². The molecule has 0 amide bonds. The van der Waals surface area contributed by atoms with Crippen LogP contribution in [0.15, 0.2) is 97.1 Å². The second-order valence-electron chi connectivity index (χ2n) is 7.27. The molecule has 0 saturated carbocycles. The number of rotatable bonds is 8. The van der Waals surface area contributed by atoms with Crippen molar-refractivity contribution in [3.05, 3.63) is 103 Å². The summed E-state index contributed by atoms with van der Waals surface area (Å²) in [4.78, 5) is 2.30. The van der Waals surface area contributed by atoms with E-state index in [2.05, 4.69) is 71.6 Å². The van der Waals surface area contributed by atoms with E-state index >= 15 is 0 Å². The molecule has 4 nitrogen and oxygen atoms in total. The summed E-state index contributed by atoms with van der Waals surface area (Å²) in [6, 6.07) is 32.7. The van der Waals surface area contributed by atoms with Gasteiger partial charge in [0.2, 0.25) is 0 Å². The Morgan fingerprint density at radius 1 is 0.719 bits per heavy atom. The lowest BCUT2D eigenvalue weighted by Gasteiger charge is -2.26. The van der Waals surface area contributed by atoms with Crippen LogP contribution in [0.25, 0.3) is 0 Å². The third-order valence-electron chi connectivity index (χ3n) is 5.25. The first-order valence-electron chi connectivity index (χ1n) is 10.4. The molecule has 0 heterocycles. The van der Waals surface area contributed by atoms with Crippen LogP contribution >= 0.6 is 8.58 Å². The maximum atomic E-state index is 10.7. The minimum atomic E-state index is 0.157. The fourth-order valence-corrected chi connectivity index (χ4v) is 4.84. The molecule has 4 aromatic rings. The molecule has 1 unspecified atom stereocenters.